The van der Waals surface area contributed by atoms with Gasteiger partial charge in [-0.1, -0.05) is 34.1 Å². The van der Waals surface area contributed by atoms with E-state index in [1.165, 1.54) is 7.11 Å². The number of benzene rings is 3. The van der Waals surface area contributed by atoms with E-state index < -0.39 is 0 Å². The van der Waals surface area contributed by atoms with Crippen molar-refractivity contribution in [2.45, 2.75) is 0 Å². The molecule has 134 valence electrons. The van der Waals surface area contributed by atoms with Gasteiger partial charge in [0, 0.05) is 21.8 Å². The highest BCUT2D eigenvalue weighted by molar-refractivity contribution is 9.10. The maximum absolute atomic E-state index is 12.7. The van der Waals surface area contributed by atoms with Gasteiger partial charge < -0.3 is 14.5 Å². The van der Waals surface area contributed by atoms with Crippen LogP contribution in [0.5, 0.6) is 5.75 Å². The summed E-state index contributed by atoms with van der Waals surface area (Å²) in [6, 6.07) is 20.3. The second-order valence-corrected chi connectivity index (χ2v) is 6.78. The number of amides is 1. The average Bonchev–Trinajstić information content (AvgIpc) is 3.12. The first-order chi connectivity index (χ1) is 13.1. The van der Waals surface area contributed by atoms with Gasteiger partial charge in [-0.3, -0.25) is 4.79 Å². The third-order valence-corrected chi connectivity index (χ3v) is 4.57. The Morgan fingerprint density at radius 1 is 1.07 bits per heavy atom. The Labute approximate surface area is 164 Å². The summed E-state index contributed by atoms with van der Waals surface area (Å²) in [4.78, 5) is 17.1. The molecule has 0 aliphatic carbocycles. The van der Waals surface area contributed by atoms with Crippen LogP contribution in [0.1, 0.15) is 10.4 Å². The first-order valence-electron chi connectivity index (χ1n) is 8.25. The lowest BCUT2D eigenvalue weighted by molar-refractivity contribution is 0.102. The number of hydrogen-bond donors (Lipinski definition) is 1. The Morgan fingerprint density at radius 2 is 1.89 bits per heavy atom. The van der Waals surface area contributed by atoms with Crippen LogP contribution in [-0.2, 0) is 0 Å². The molecule has 27 heavy (non-hydrogen) atoms. The van der Waals surface area contributed by atoms with Gasteiger partial charge in [-0.2, -0.15) is 0 Å². The molecule has 0 bridgehead atoms. The zero-order valence-corrected chi connectivity index (χ0v) is 16.0. The highest BCUT2D eigenvalue weighted by Gasteiger charge is 2.14. The molecule has 1 heterocycles. The second-order valence-electron chi connectivity index (χ2n) is 5.87. The SMILES string of the molecule is COc1ccc(Br)cc1C(=O)Nc1ccc2nc(-c3ccccc3)oc2c1. The van der Waals surface area contributed by atoms with Crippen molar-refractivity contribution in [3.8, 4) is 17.2 Å². The zero-order valence-electron chi connectivity index (χ0n) is 14.4. The van der Waals surface area contributed by atoms with Gasteiger partial charge in [0.15, 0.2) is 5.58 Å². The highest BCUT2D eigenvalue weighted by Crippen LogP contribution is 2.28. The molecule has 0 saturated carbocycles. The van der Waals surface area contributed by atoms with Crippen LogP contribution in [-0.4, -0.2) is 18.0 Å². The van der Waals surface area contributed by atoms with Crippen molar-refractivity contribution in [3.63, 3.8) is 0 Å². The third-order valence-electron chi connectivity index (χ3n) is 4.07. The summed E-state index contributed by atoms with van der Waals surface area (Å²) in [6.45, 7) is 0. The zero-order chi connectivity index (χ0) is 18.8. The molecule has 0 radical (unpaired) electrons. The molecule has 0 spiro atoms. The number of fused-ring (bicyclic) bond motifs is 1. The molecule has 1 amide bonds. The number of halogens is 1. The molecule has 4 rings (SSSR count). The normalized spacial score (nSPS) is 10.7. The van der Waals surface area contributed by atoms with E-state index in [9.17, 15) is 4.79 Å². The van der Waals surface area contributed by atoms with Crippen LogP contribution in [0.4, 0.5) is 5.69 Å². The van der Waals surface area contributed by atoms with Gasteiger partial charge in [0.05, 0.1) is 12.7 Å². The number of hydrogen-bond acceptors (Lipinski definition) is 4. The second kappa shape index (κ2) is 7.25. The van der Waals surface area contributed by atoms with Crippen LogP contribution in [0.3, 0.4) is 0 Å². The Kier molecular flexibility index (Phi) is 4.64. The Morgan fingerprint density at radius 3 is 2.67 bits per heavy atom. The van der Waals surface area contributed by atoms with Crippen molar-refractivity contribution >= 4 is 38.6 Å². The molecule has 1 N–H and O–H groups in total. The van der Waals surface area contributed by atoms with Crippen LogP contribution in [0, 0.1) is 0 Å². The quantitative estimate of drug-likeness (QED) is 0.470. The molecule has 5 nitrogen and oxygen atoms in total. The topological polar surface area (TPSA) is 64.4 Å². The van der Waals surface area contributed by atoms with Crippen molar-refractivity contribution < 1.29 is 13.9 Å². The Balaban J connectivity index is 1.63. The van der Waals surface area contributed by atoms with Gasteiger partial charge in [-0.05, 0) is 42.5 Å². The van der Waals surface area contributed by atoms with E-state index in [2.05, 4.69) is 26.2 Å². The Hall–Kier alpha value is -3.12. The largest absolute Gasteiger partial charge is 0.496 e. The third kappa shape index (κ3) is 3.57. The minimum Gasteiger partial charge on any atom is -0.496 e. The first-order valence-corrected chi connectivity index (χ1v) is 9.04. The Bertz CT molecular complexity index is 1120. The van der Waals surface area contributed by atoms with Gasteiger partial charge in [-0.25, -0.2) is 4.98 Å². The molecular weight excluding hydrogens is 408 g/mol. The summed E-state index contributed by atoms with van der Waals surface area (Å²) in [5.74, 6) is 0.779. The minimum atomic E-state index is -0.268. The molecule has 3 aromatic carbocycles. The van der Waals surface area contributed by atoms with Crippen molar-refractivity contribution in [2.75, 3.05) is 12.4 Å². The molecular formula is C21H15BrN2O3. The lowest BCUT2D eigenvalue weighted by Gasteiger charge is -2.09. The molecule has 0 aliphatic heterocycles. The smallest absolute Gasteiger partial charge is 0.259 e. The van der Waals surface area contributed by atoms with Crippen LogP contribution in [0.2, 0.25) is 0 Å². The number of rotatable bonds is 4. The van der Waals surface area contributed by atoms with Crippen LogP contribution in [0.15, 0.2) is 75.6 Å². The van der Waals surface area contributed by atoms with Crippen molar-refractivity contribution in [2.24, 2.45) is 0 Å². The first kappa shape index (κ1) is 17.3. The van der Waals surface area contributed by atoms with E-state index in [0.717, 1.165) is 15.6 Å². The number of aromatic nitrogens is 1. The van der Waals surface area contributed by atoms with Crippen LogP contribution < -0.4 is 10.1 Å². The predicted molar refractivity (Wildman–Crippen MR) is 108 cm³/mol. The van der Waals surface area contributed by atoms with Crippen molar-refractivity contribution in [1.82, 2.24) is 4.98 Å². The summed E-state index contributed by atoms with van der Waals surface area (Å²) >= 11 is 3.38. The minimum absolute atomic E-state index is 0.268. The summed E-state index contributed by atoms with van der Waals surface area (Å²) in [7, 11) is 1.53. The van der Waals surface area contributed by atoms with Crippen molar-refractivity contribution in [1.29, 1.82) is 0 Å². The maximum atomic E-state index is 12.7. The predicted octanol–water partition coefficient (Wildman–Crippen LogP) is 5.52. The van der Waals surface area contributed by atoms with E-state index in [-0.39, 0.29) is 5.91 Å². The number of oxazole rings is 1. The van der Waals surface area contributed by atoms with Gasteiger partial charge in [0.2, 0.25) is 5.89 Å². The number of methoxy groups -OCH3 is 1. The summed E-state index contributed by atoms with van der Waals surface area (Å²) in [6.07, 6.45) is 0. The molecule has 0 saturated heterocycles. The van der Waals surface area contributed by atoms with Crippen LogP contribution in [0.25, 0.3) is 22.6 Å². The molecule has 0 fully saturated rings. The molecule has 0 atom stereocenters. The number of nitrogens with zero attached hydrogens (tertiary/aromatic N) is 1. The molecule has 1 aromatic heterocycles. The summed E-state index contributed by atoms with van der Waals surface area (Å²) in [5, 5.41) is 2.87. The van der Waals surface area contributed by atoms with E-state index in [0.29, 0.717) is 28.5 Å². The van der Waals surface area contributed by atoms with E-state index >= 15 is 0 Å². The van der Waals surface area contributed by atoms with Gasteiger partial charge in [-0.15, -0.1) is 0 Å². The fourth-order valence-corrected chi connectivity index (χ4v) is 3.12. The van der Waals surface area contributed by atoms with Crippen molar-refractivity contribution in [3.05, 3.63) is 76.8 Å². The van der Waals surface area contributed by atoms with Gasteiger partial charge >= 0.3 is 0 Å². The molecule has 0 unspecified atom stereocenters. The number of nitrogens with one attached hydrogen (secondary N) is 1. The number of ether oxygens (including phenoxy) is 1. The van der Waals surface area contributed by atoms with Gasteiger partial charge in [0.1, 0.15) is 11.3 Å². The standard InChI is InChI=1S/C21H15BrN2O3/c1-26-18-10-7-14(22)11-16(18)20(25)23-15-8-9-17-19(12-15)27-21(24-17)13-5-3-2-4-6-13/h2-12H,1H3,(H,23,25). The number of anilines is 1. The lowest BCUT2D eigenvalue weighted by Crippen LogP contribution is -2.13. The average molecular weight is 423 g/mol. The summed E-state index contributed by atoms with van der Waals surface area (Å²) < 4.78 is 11.9. The molecule has 0 aliphatic rings. The van der Waals surface area contributed by atoms with E-state index in [4.69, 9.17) is 9.15 Å². The fraction of sp³-hybridized carbons (Fsp3) is 0.0476. The summed E-state index contributed by atoms with van der Waals surface area (Å²) in [5.41, 5.74) is 3.29. The maximum Gasteiger partial charge on any atom is 0.259 e. The number of carbonyl (C=O) groups excluding carboxylic acids is 1. The number of carbonyl (C=O) groups is 1. The highest BCUT2D eigenvalue weighted by atomic mass is 79.9. The molecule has 6 heteroatoms. The monoisotopic (exact) mass is 422 g/mol. The lowest BCUT2D eigenvalue weighted by atomic mass is 10.2. The fourth-order valence-electron chi connectivity index (χ4n) is 2.76. The molecule has 4 aromatic rings. The van der Waals surface area contributed by atoms with Crippen LogP contribution >= 0.6 is 15.9 Å². The van der Waals surface area contributed by atoms with E-state index in [1.54, 1.807) is 24.3 Å². The van der Waals surface area contributed by atoms with E-state index in [1.807, 2.05) is 42.5 Å². The van der Waals surface area contributed by atoms with Gasteiger partial charge in [0.25, 0.3) is 5.91 Å².